The Hall–Kier alpha value is -2.65. The number of hydrogen-bond donors (Lipinski definition) is 1. The van der Waals surface area contributed by atoms with Crippen LogP contribution in [0.15, 0.2) is 69.1 Å². The van der Waals surface area contributed by atoms with E-state index in [2.05, 4.69) is 9.63 Å². The predicted molar refractivity (Wildman–Crippen MR) is 81.6 cm³/mol. The van der Waals surface area contributed by atoms with Crippen molar-refractivity contribution in [1.82, 2.24) is 5.06 Å². The van der Waals surface area contributed by atoms with Gasteiger partial charge in [0, 0.05) is 12.3 Å². The van der Waals surface area contributed by atoms with Crippen molar-refractivity contribution in [3.8, 4) is 11.5 Å². The molecule has 23 heavy (non-hydrogen) atoms. The zero-order chi connectivity index (χ0) is 16.9. The number of benzene rings is 1. The van der Waals surface area contributed by atoms with Crippen molar-refractivity contribution in [3.63, 3.8) is 0 Å². The number of sulfonamides is 1. The Morgan fingerprint density at radius 2 is 1.91 bits per heavy atom. The third-order valence-electron chi connectivity index (χ3n) is 2.87. The maximum Gasteiger partial charge on any atom is 0.299 e. The standard InChI is InChI=1S/C14H15N3O5S/c1-21-13-7-6-12(9-14(13)22-2)23(19,20)16-15-10-11-5-3-4-8-17(11)18/h3-10,18H,1-2H3/b11-10-,16-15?. The second-order valence-electron chi connectivity index (χ2n) is 4.29. The molecule has 0 radical (unpaired) electrons. The third-order valence-corrected chi connectivity index (χ3v) is 4.03. The van der Waals surface area contributed by atoms with Crippen molar-refractivity contribution in [3.05, 3.63) is 54.5 Å². The summed E-state index contributed by atoms with van der Waals surface area (Å²) < 4.78 is 37.7. The Kier molecular flexibility index (Phi) is 5.14. The second kappa shape index (κ2) is 7.07. The van der Waals surface area contributed by atoms with Crippen molar-refractivity contribution in [2.24, 2.45) is 9.63 Å². The van der Waals surface area contributed by atoms with Gasteiger partial charge in [-0.3, -0.25) is 5.21 Å². The van der Waals surface area contributed by atoms with Crippen LogP contribution < -0.4 is 9.47 Å². The molecule has 1 aliphatic heterocycles. The largest absolute Gasteiger partial charge is 0.493 e. The maximum absolute atomic E-state index is 12.1. The summed E-state index contributed by atoms with van der Waals surface area (Å²) in [6, 6.07) is 4.09. The number of ether oxygens (including phenoxy) is 2. The minimum atomic E-state index is -4.00. The highest BCUT2D eigenvalue weighted by molar-refractivity contribution is 7.90. The Balaban J connectivity index is 2.25. The van der Waals surface area contributed by atoms with E-state index in [0.717, 1.165) is 11.3 Å². The van der Waals surface area contributed by atoms with Crippen molar-refractivity contribution < 1.29 is 23.1 Å². The summed E-state index contributed by atoms with van der Waals surface area (Å²) in [7, 11) is -1.15. The zero-order valence-electron chi connectivity index (χ0n) is 12.4. The minimum Gasteiger partial charge on any atom is -0.493 e. The normalized spacial score (nSPS) is 16.3. The summed E-state index contributed by atoms with van der Waals surface area (Å²) in [5.74, 6) is 0.671. The SMILES string of the molecule is COc1ccc(S(=O)(=O)N=N/C=C2/C=CC=CN2O)cc1OC. The van der Waals surface area contributed by atoms with E-state index in [1.807, 2.05) is 0 Å². The molecule has 1 aromatic carbocycles. The van der Waals surface area contributed by atoms with E-state index in [-0.39, 0.29) is 16.3 Å². The Labute approximate surface area is 133 Å². The molecule has 122 valence electrons. The number of hydrogen-bond acceptors (Lipinski definition) is 7. The van der Waals surface area contributed by atoms with Crippen molar-refractivity contribution in [2.45, 2.75) is 4.90 Å². The first-order valence-electron chi connectivity index (χ1n) is 6.40. The summed E-state index contributed by atoms with van der Waals surface area (Å²) in [6.07, 6.45) is 7.32. The molecule has 0 saturated carbocycles. The van der Waals surface area contributed by atoms with E-state index in [0.29, 0.717) is 5.75 Å². The fraction of sp³-hybridized carbons (Fsp3) is 0.143. The van der Waals surface area contributed by atoms with Gasteiger partial charge in [0.25, 0.3) is 10.0 Å². The summed E-state index contributed by atoms with van der Waals surface area (Å²) in [6.45, 7) is 0. The molecule has 0 saturated heterocycles. The highest BCUT2D eigenvalue weighted by Gasteiger charge is 2.16. The Morgan fingerprint density at radius 1 is 1.17 bits per heavy atom. The van der Waals surface area contributed by atoms with Gasteiger partial charge >= 0.3 is 0 Å². The predicted octanol–water partition coefficient (Wildman–Crippen LogP) is 2.46. The van der Waals surface area contributed by atoms with Crippen molar-refractivity contribution >= 4 is 10.0 Å². The van der Waals surface area contributed by atoms with Crippen LogP contribution in [0, 0.1) is 0 Å². The fourth-order valence-electron chi connectivity index (χ4n) is 1.72. The van der Waals surface area contributed by atoms with Gasteiger partial charge in [0.05, 0.1) is 31.0 Å². The smallest absolute Gasteiger partial charge is 0.299 e. The van der Waals surface area contributed by atoms with Crippen LogP contribution in [-0.2, 0) is 10.0 Å². The average Bonchev–Trinajstić information content (AvgIpc) is 2.55. The van der Waals surface area contributed by atoms with Crippen LogP contribution in [0.25, 0.3) is 0 Å². The van der Waals surface area contributed by atoms with E-state index in [1.165, 1.54) is 38.6 Å². The lowest BCUT2D eigenvalue weighted by atomic mass is 10.3. The molecule has 0 spiro atoms. The number of rotatable bonds is 5. The highest BCUT2D eigenvalue weighted by atomic mass is 32.2. The van der Waals surface area contributed by atoms with Crippen LogP contribution >= 0.6 is 0 Å². The topological polar surface area (TPSA) is 101 Å². The number of nitrogens with zero attached hydrogens (tertiary/aromatic N) is 3. The van der Waals surface area contributed by atoms with Crippen molar-refractivity contribution in [1.29, 1.82) is 0 Å². The molecule has 1 aliphatic rings. The molecular formula is C14H15N3O5S. The summed E-state index contributed by atoms with van der Waals surface area (Å²) in [4.78, 5) is -0.0859. The molecule has 0 fully saturated rings. The van der Waals surface area contributed by atoms with Gasteiger partial charge in [-0.1, -0.05) is 10.6 Å². The molecule has 1 heterocycles. The molecule has 0 amide bonds. The lowest BCUT2D eigenvalue weighted by molar-refractivity contribution is -0.000512. The zero-order valence-corrected chi connectivity index (χ0v) is 13.3. The Morgan fingerprint density at radius 3 is 2.57 bits per heavy atom. The summed E-state index contributed by atoms with van der Waals surface area (Å²) >= 11 is 0. The van der Waals surface area contributed by atoms with Crippen LogP contribution in [0.2, 0.25) is 0 Å². The molecule has 0 aliphatic carbocycles. The van der Waals surface area contributed by atoms with Gasteiger partial charge in [-0.2, -0.15) is 8.42 Å². The first kappa shape index (κ1) is 16.7. The maximum atomic E-state index is 12.1. The fourth-order valence-corrected chi connectivity index (χ4v) is 2.48. The molecule has 9 heteroatoms. The molecule has 1 N–H and O–H groups in total. The number of methoxy groups -OCH3 is 2. The number of allylic oxidation sites excluding steroid dienone is 3. The van der Waals surface area contributed by atoms with Crippen molar-refractivity contribution in [2.75, 3.05) is 14.2 Å². The number of hydroxylamine groups is 2. The van der Waals surface area contributed by atoms with Crippen LogP contribution in [0.4, 0.5) is 0 Å². The summed E-state index contributed by atoms with van der Waals surface area (Å²) in [5, 5.41) is 13.8. The lowest BCUT2D eigenvalue weighted by Gasteiger charge is -2.13. The van der Waals surface area contributed by atoms with Crippen LogP contribution in [-0.4, -0.2) is 32.9 Å². The Bertz CT molecular complexity index is 797. The van der Waals surface area contributed by atoms with E-state index in [4.69, 9.17) is 9.47 Å². The van der Waals surface area contributed by atoms with Gasteiger partial charge in [0.15, 0.2) is 11.5 Å². The molecule has 0 bridgehead atoms. The highest BCUT2D eigenvalue weighted by Crippen LogP contribution is 2.30. The van der Waals surface area contributed by atoms with Gasteiger partial charge in [-0.15, -0.1) is 5.11 Å². The van der Waals surface area contributed by atoms with E-state index >= 15 is 0 Å². The molecule has 8 nitrogen and oxygen atoms in total. The van der Waals surface area contributed by atoms with Gasteiger partial charge in [0.2, 0.25) is 0 Å². The first-order chi connectivity index (χ1) is 11.0. The van der Waals surface area contributed by atoms with Gasteiger partial charge in [0.1, 0.15) is 0 Å². The minimum absolute atomic E-state index is 0.0859. The second-order valence-corrected chi connectivity index (χ2v) is 5.87. The molecule has 1 aromatic rings. The van der Waals surface area contributed by atoms with Gasteiger partial charge < -0.3 is 9.47 Å². The van der Waals surface area contributed by atoms with Gasteiger partial charge in [-0.05, 0) is 24.3 Å². The molecule has 0 unspecified atom stereocenters. The average molecular weight is 337 g/mol. The molecular weight excluding hydrogens is 322 g/mol. The molecule has 2 rings (SSSR count). The van der Waals surface area contributed by atoms with Crippen LogP contribution in [0.1, 0.15) is 0 Å². The lowest BCUT2D eigenvalue weighted by Crippen LogP contribution is -2.10. The molecule has 0 atom stereocenters. The van der Waals surface area contributed by atoms with Gasteiger partial charge in [-0.25, -0.2) is 5.06 Å². The third kappa shape index (κ3) is 3.96. The van der Waals surface area contributed by atoms with E-state index < -0.39 is 10.0 Å². The van der Waals surface area contributed by atoms with Crippen LogP contribution in [0.3, 0.4) is 0 Å². The van der Waals surface area contributed by atoms with E-state index in [1.54, 1.807) is 18.2 Å². The first-order valence-corrected chi connectivity index (χ1v) is 7.84. The van der Waals surface area contributed by atoms with Crippen LogP contribution in [0.5, 0.6) is 11.5 Å². The quantitative estimate of drug-likeness (QED) is 0.828. The van der Waals surface area contributed by atoms with E-state index in [9.17, 15) is 13.6 Å². The monoisotopic (exact) mass is 337 g/mol. The summed E-state index contributed by atoms with van der Waals surface area (Å²) in [5.41, 5.74) is 0.277. The molecule has 0 aromatic heterocycles.